The minimum atomic E-state index is -4.54. The van der Waals surface area contributed by atoms with Gasteiger partial charge in [0, 0.05) is 6.42 Å². The Morgan fingerprint density at radius 2 is 2.07 bits per heavy atom. The molecule has 0 unspecified atom stereocenters. The van der Waals surface area contributed by atoms with Crippen molar-refractivity contribution in [2.75, 3.05) is 0 Å². The number of halogens is 4. The topological polar surface area (TPSA) is 30.0 Å². The summed E-state index contributed by atoms with van der Waals surface area (Å²) >= 11 is 5.36. The predicted molar refractivity (Wildman–Crippen MR) is 44.0 cm³/mol. The molecule has 1 rings (SSSR count). The second-order valence-corrected chi connectivity index (χ2v) is 2.94. The minimum Gasteiger partial charge on any atom is -0.303 e. The largest absolute Gasteiger partial charge is 0.433 e. The molecule has 0 aliphatic rings. The van der Waals surface area contributed by atoms with Crippen molar-refractivity contribution >= 4 is 17.9 Å². The molecule has 76 valence electrons. The van der Waals surface area contributed by atoms with Crippen LogP contribution in [0.4, 0.5) is 13.2 Å². The molecule has 0 N–H and O–H groups in total. The summed E-state index contributed by atoms with van der Waals surface area (Å²) in [6.07, 6.45) is -4.14. The van der Waals surface area contributed by atoms with Gasteiger partial charge in [-0.25, -0.2) is 4.98 Å². The third-order valence-electron chi connectivity index (χ3n) is 1.46. The van der Waals surface area contributed by atoms with Crippen LogP contribution in [0.5, 0.6) is 0 Å². The van der Waals surface area contributed by atoms with Crippen molar-refractivity contribution in [1.82, 2.24) is 4.98 Å². The Morgan fingerprint density at radius 1 is 1.43 bits per heavy atom. The van der Waals surface area contributed by atoms with E-state index in [4.69, 9.17) is 11.6 Å². The van der Waals surface area contributed by atoms with E-state index in [2.05, 4.69) is 4.98 Å². The zero-order valence-electron chi connectivity index (χ0n) is 6.81. The number of hydrogen-bond donors (Lipinski definition) is 0. The van der Waals surface area contributed by atoms with Crippen LogP contribution in [0.15, 0.2) is 12.1 Å². The molecular weight excluding hydrogens is 219 g/mol. The van der Waals surface area contributed by atoms with E-state index in [1.807, 2.05) is 0 Å². The lowest BCUT2D eigenvalue weighted by Gasteiger charge is -2.07. The molecular formula is C8H5ClF3NO. The third-order valence-corrected chi connectivity index (χ3v) is 1.66. The molecule has 0 spiro atoms. The highest BCUT2D eigenvalue weighted by molar-refractivity contribution is 6.29. The molecule has 0 atom stereocenters. The smallest absolute Gasteiger partial charge is 0.303 e. The summed E-state index contributed by atoms with van der Waals surface area (Å²) in [6, 6.07) is 2.03. The average molecular weight is 224 g/mol. The molecule has 6 heteroatoms. The molecule has 1 heterocycles. The summed E-state index contributed by atoms with van der Waals surface area (Å²) in [7, 11) is 0. The number of hydrogen-bond acceptors (Lipinski definition) is 2. The standard InChI is InChI=1S/C8H5ClF3NO/c9-7-4-5(1-2-14)3-6(13-7)8(10,11)12/h2-4H,1H2. The van der Waals surface area contributed by atoms with Gasteiger partial charge in [-0.15, -0.1) is 0 Å². The first-order valence-corrected chi connectivity index (χ1v) is 3.98. The first-order valence-electron chi connectivity index (χ1n) is 3.61. The van der Waals surface area contributed by atoms with Gasteiger partial charge in [0.1, 0.15) is 17.1 Å². The first-order chi connectivity index (χ1) is 6.43. The van der Waals surface area contributed by atoms with Crippen LogP contribution >= 0.6 is 11.6 Å². The van der Waals surface area contributed by atoms with Crippen molar-refractivity contribution in [3.63, 3.8) is 0 Å². The minimum absolute atomic E-state index is 0.106. The molecule has 0 amide bonds. The number of carbonyl (C=O) groups excluding carboxylic acids is 1. The summed E-state index contributed by atoms with van der Waals surface area (Å²) in [4.78, 5) is 13.2. The van der Waals surface area contributed by atoms with E-state index in [1.54, 1.807) is 0 Å². The zero-order valence-corrected chi connectivity index (χ0v) is 7.56. The molecule has 2 nitrogen and oxygen atoms in total. The number of carbonyl (C=O) groups is 1. The lowest BCUT2D eigenvalue weighted by atomic mass is 10.2. The van der Waals surface area contributed by atoms with E-state index >= 15 is 0 Å². The van der Waals surface area contributed by atoms with E-state index in [0.717, 1.165) is 6.07 Å². The van der Waals surface area contributed by atoms with E-state index in [1.165, 1.54) is 6.07 Å². The Balaban J connectivity index is 3.13. The van der Waals surface area contributed by atoms with Crippen LogP contribution in [0.3, 0.4) is 0 Å². The molecule has 0 fully saturated rings. The Bertz CT molecular complexity index is 351. The molecule has 0 saturated heterocycles. The maximum absolute atomic E-state index is 12.2. The number of aromatic nitrogens is 1. The summed E-state index contributed by atoms with van der Waals surface area (Å²) in [5.41, 5.74) is -0.880. The maximum atomic E-state index is 12.2. The highest BCUT2D eigenvalue weighted by atomic mass is 35.5. The van der Waals surface area contributed by atoms with Crippen molar-refractivity contribution in [2.24, 2.45) is 0 Å². The Morgan fingerprint density at radius 3 is 2.57 bits per heavy atom. The second kappa shape index (κ2) is 3.96. The maximum Gasteiger partial charge on any atom is 0.433 e. The number of pyridine rings is 1. The normalized spacial score (nSPS) is 11.4. The summed E-state index contributed by atoms with van der Waals surface area (Å²) in [5, 5.41) is -0.267. The van der Waals surface area contributed by atoms with E-state index in [9.17, 15) is 18.0 Å². The van der Waals surface area contributed by atoms with Gasteiger partial charge in [-0.2, -0.15) is 13.2 Å². The van der Waals surface area contributed by atoms with Crippen LogP contribution in [0.1, 0.15) is 11.3 Å². The summed E-state index contributed by atoms with van der Waals surface area (Å²) < 4.78 is 36.5. The van der Waals surface area contributed by atoms with Crippen LogP contribution in [0.25, 0.3) is 0 Å². The molecule has 14 heavy (non-hydrogen) atoms. The van der Waals surface area contributed by atoms with Gasteiger partial charge in [0.2, 0.25) is 0 Å². The van der Waals surface area contributed by atoms with E-state index in [-0.39, 0.29) is 17.1 Å². The second-order valence-electron chi connectivity index (χ2n) is 2.55. The summed E-state index contributed by atoms with van der Waals surface area (Å²) in [6.45, 7) is 0. The van der Waals surface area contributed by atoms with Crippen LogP contribution in [0, 0.1) is 0 Å². The molecule has 0 radical (unpaired) electrons. The van der Waals surface area contributed by atoms with Gasteiger partial charge in [0.15, 0.2) is 0 Å². The quantitative estimate of drug-likeness (QED) is 0.570. The molecule has 1 aromatic heterocycles. The monoisotopic (exact) mass is 223 g/mol. The fraction of sp³-hybridized carbons (Fsp3) is 0.250. The number of aldehydes is 1. The van der Waals surface area contributed by atoms with Crippen molar-refractivity contribution in [1.29, 1.82) is 0 Å². The molecule has 0 bridgehead atoms. The van der Waals surface area contributed by atoms with E-state index in [0.29, 0.717) is 6.29 Å². The zero-order chi connectivity index (χ0) is 10.8. The van der Waals surface area contributed by atoms with Crippen molar-refractivity contribution in [3.8, 4) is 0 Å². The molecule has 0 saturated carbocycles. The van der Waals surface area contributed by atoms with Gasteiger partial charge in [0.05, 0.1) is 0 Å². The van der Waals surface area contributed by atoms with Crippen molar-refractivity contribution < 1.29 is 18.0 Å². The van der Waals surface area contributed by atoms with E-state index < -0.39 is 11.9 Å². The number of rotatable bonds is 2. The first kappa shape index (κ1) is 11.0. The Labute approximate surface area is 82.7 Å². The lowest BCUT2D eigenvalue weighted by Crippen LogP contribution is -2.09. The lowest BCUT2D eigenvalue weighted by molar-refractivity contribution is -0.141. The van der Waals surface area contributed by atoms with Crippen molar-refractivity contribution in [2.45, 2.75) is 12.6 Å². The van der Waals surface area contributed by atoms with Gasteiger partial charge < -0.3 is 4.79 Å². The Hall–Kier alpha value is -1.10. The number of alkyl halides is 3. The van der Waals surface area contributed by atoms with Crippen LogP contribution in [0.2, 0.25) is 5.15 Å². The van der Waals surface area contributed by atoms with Crippen LogP contribution < -0.4 is 0 Å². The highest BCUT2D eigenvalue weighted by Gasteiger charge is 2.33. The average Bonchev–Trinajstić information content (AvgIpc) is 2.02. The van der Waals surface area contributed by atoms with Gasteiger partial charge in [-0.05, 0) is 17.7 Å². The predicted octanol–water partition coefficient (Wildman–Crippen LogP) is 2.50. The molecule has 0 aliphatic heterocycles. The number of nitrogens with zero attached hydrogens (tertiary/aromatic N) is 1. The highest BCUT2D eigenvalue weighted by Crippen LogP contribution is 2.29. The van der Waals surface area contributed by atoms with Gasteiger partial charge >= 0.3 is 6.18 Å². The fourth-order valence-electron chi connectivity index (χ4n) is 0.909. The molecule has 0 aromatic carbocycles. The molecule has 0 aliphatic carbocycles. The SMILES string of the molecule is O=CCc1cc(Cl)nc(C(F)(F)F)c1. The summed E-state index contributed by atoms with van der Waals surface area (Å²) in [5.74, 6) is 0. The van der Waals surface area contributed by atoms with Gasteiger partial charge in [-0.1, -0.05) is 11.6 Å². The van der Waals surface area contributed by atoms with Crippen molar-refractivity contribution in [3.05, 3.63) is 28.5 Å². The van der Waals surface area contributed by atoms with Gasteiger partial charge in [0.25, 0.3) is 0 Å². The third kappa shape index (κ3) is 2.70. The fourth-order valence-corrected chi connectivity index (χ4v) is 1.14. The molecule has 1 aromatic rings. The van der Waals surface area contributed by atoms with Crippen LogP contribution in [-0.4, -0.2) is 11.3 Å². The van der Waals surface area contributed by atoms with Gasteiger partial charge in [-0.3, -0.25) is 0 Å². The Kier molecular flexibility index (Phi) is 3.10. The van der Waals surface area contributed by atoms with Crippen LogP contribution in [-0.2, 0) is 17.4 Å².